The van der Waals surface area contributed by atoms with Crippen molar-refractivity contribution in [1.29, 1.82) is 0 Å². The fraction of sp³-hybridized carbons (Fsp3) is 0.278. The molecule has 0 saturated carbocycles. The highest BCUT2D eigenvalue weighted by atomic mass is 16.5. The summed E-state index contributed by atoms with van der Waals surface area (Å²) in [6.07, 6.45) is 5.21. The topological polar surface area (TPSA) is 59.5 Å². The van der Waals surface area contributed by atoms with E-state index >= 15 is 0 Å². The molecule has 120 valence electrons. The highest BCUT2D eigenvalue weighted by Crippen LogP contribution is 2.17. The molecule has 1 aromatic carbocycles. The largest absolute Gasteiger partial charge is 0.469 e. The number of aromatic nitrogens is 1. The number of carbonyl (C=O) groups excluding carboxylic acids is 2. The molecule has 2 rings (SSSR count). The number of carbonyl (C=O) groups is 2. The van der Waals surface area contributed by atoms with Crippen LogP contribution in [0.1, 0.15) is 18.9 Å². The van der Waals surface area contributed by atoms with Crippen LogP contribution in [0.4, 0.5) is 0 Å². The summed E-state index contributed by atoms with van der Waals surface area (Å²) in [7, 11) is 1.34. The first-order valence-electron chi connectivity index (χ1n) is 7.53. The molecule has 0 bridgehead atoms. The number of fused-ring (bicyclic) bond motifs is 1. The van der Waals surface area contributed by atoms with E-state index in [0.717, 1.165) is 16.5 Å². The van der Waals surface area contributed by atoms with Gasteiger partial charge in [-0.25, -0.2) is 0 Å². The first kappa shape index (κ1) is 16.7. The third-order valence-corrected chi connectivity index (χ3v) is 3.58. The van der Waals surface area contributed by atoms with E-state index < -0.39 is 0 Å². The minimum Gasteiger partial charge on any atom is -0.469 e. The van der Waals surface area contributed by atoms with Crippen LogP contribution < -0.4 is 0 Å². The minimum atomic E-state index is -0.321. The molecule has 1 amide bonds. The zero-order valence-electron chi connectivity index (χ0n) is 13.4. The van der Waals surface area contributed by atoms with E-state index in [2.05, 4.69) is 9.72 Å². The second kappa shape index (κ2) is 8.08. The summed E-state index contributed by atoms with van der Waals surface area (Å²) in [5, 5.41) is 1.03. The van der Waals surface area contributed by atoms with Crippen molar-refractivity contribution in [1.82, 2.24) is 9.88 Å². The van der Waals surface area contributed by atoms with Gasteiger partial charge in [-0.3, -0.25) is 14.6 Å². The van der Waals surface area contributed by atoms with Crippen molar-refractivity contribution in [2.45, 2.75) is 13.3 Å². The van der Waals surface area contributed by atoms with E-state index in [1.807, 2.05) is 37.3 Å². The lowest BCUT2D eigenvalue weighted by Gasteiger charge is -2.18. The Morgan fingerprint density at radius 1 is 1.26 bits per heavy atom. The maximum Gasteiger partial charge on any atom is 0.307 e. The highest BCUT2D eigenvalue weighted by Gasteiger charge is 2.11. The van der Waals surface area contributed by atoms with Crippen LogP contribution in [0.3, 0.4) is 0 Å². The zero-order chi connectivity index (χ0) is 16.7. The van der Waals surface area contributed by atoms with Crippen LogP contribution in [0, 0.1) is 0 Å². The molecule has 0 aliphatic rings. The summed E-state index contributed by atoms with van der Waals surface area (Å²) in [6.45, 7) is 2.76. The number of amides is 1. The van der Waals surface area contributed by atoms with Gasteiger partial charge in [0.05, 0.1) is 19.0 Å². The van der Waals surface area contributed by atoms with Crippen LogP contribution in [0.2, 0.25) is 0 Å². The predicted octanol–water partition coefficient (Wildman–Crippen LogP) is 2.66. The third kappa shape index (κ3) is 4.39. The number of para-hydroxylation sites is 1. The lowest BCUT2D eigenvalue weighted by Crippen LogP contribution is -2.31. The Morgan fingerprint density at radius 2 is 2.04 bits per heavy atom. The molecule has 0 saturated heterocycles. The maximum absolute atomic E-state index is 12.3. The van der Waals surface area contributed by atoms with Crippen molar-refractivity contribution in [2.75, 3.05) is 20.2 Å². The summed E-state index contributed by atoms with van der Waals surface area (Å²) in [5.74, 6) is -0.456. The number of methoxy groups -OCH3 is 1. The second-order valence-corrected chi connectivity index (χ2v) is 5.00. The van der Waals surface area contributed by atoms with Crippen molar-refractivity contribution >= 4 is 28.9 Å². The summed E-state index contributed by atoms with van der Waals surface area (Å²) < 4.78 is 4.60. The van der Waals surface area contributed by atoms with E-state index in [1.54, 1.807) is 17.2 Å². The molecule has 5 nitrogen and oxygen atoms in total. The Balaban J connectivity index is 2.11. The van der Waals surface area contributed by atoms with Crippen molar-refractivity contribution in [3.63, 3.8) is 0 Å². The Hall–Kier alpha value is -2.69. The smallest absolute Gasteiger partial charge is 0.307 e. The molecule has 0 atom stereocenters. The number of likely N-dealkylation sites (N-methyl/N-ethyl adjacent to an activating group) is 1. The molecule has 0 aliphatic carbocycles. The summed E-state index contributed by atoms with van der Waals surface area (Å²) in [4.78, 5) is 29.4. The molecule has 5 heteroatoms. The molecule has 2 aromatic rings. The molecular formula is C18H20N2O3. The number of benzene rings is 1. The van der Waals surface area contributed by atoms with Crippen LogP contribution in [0.15, 0.2) is 42.6 Å². The average molecular weight is 312 g/mol. The van der Waals surface area contributed by atoms with Gasteiger partial charge in [-0.2, -0.15) is 0 Å². The first-order chi connectivity index (χ1) is 11.2. The van der Waals surface area contributed by atoms with Crippen LogP contribution in [-0.2, 0) is 14.3 Å². The number of ether oxygens (including phenoxy) is 1. The van der Waals surface area contributed by atoms with Gasteiger partial charge in [0.15, 0.2) is 0 Å². The number of hydrogen-bond donors (Lipinski definition) is 0. The fourth-order valence-electron chi connectivity index (χ4n) is 2.28. The molecule has 1 aromatic heterocycles. The summed E-state index contributed by atoms with van der Waals surface area (Å²) in [6, 6.07) is 9.70. The SMILES string of the molecule is CCN(CCC(=O)OC)C(=O)C=Cc1cccc2cccnc12. The van der Waals surface area contributed by atoms with Crippen molar-refractivity contribution in [3.05, 3.63) is 48.2 Å². The molecule has 0 N–H and O–H groups in total. The number of rotatable bonds is 6. The molecule has 0 fully saturated rings. The number of pyridine rings is 1. The van der Waals surface area contributed by atoms with Gasteiger partial charge < -0.3 is 9.64 Å². The van der Waals surface area contributed by atoms with E-state index in [0.29, 0.717) is 13.1 Å². The first-order valence-corrected chi connectivity index (χ1v) is 7.53. The van der Waals surface area contributed by atoms with E-state index in [1.165, 1.54) is 13.2 Å². The maximum atomic E-state index is 12.3. The van der Waals surface area contributed by atoms with Gasteiger partial charge in [-0.05, 0) is 19.1 Å². The van der Waals surface area contributed by atoms with Crippen LogP contribution in [-0.4, -0.2) is 42.0 Å². The fourth-order valence-corrected chi connectivity index (χ4v) is 2.28. The predicted molar refractivity (Wildman–Crippen MR) is 89.7 cm³/mol. The van der Waals surface area contributed by atoms with E-state index in [4.69, 9.17) is 0 Å². The standard InChI is InChI=1S/C18H20N2O3/c1-3-20(13-11-17(22)23-2)16(21)10-9-15-7-4-6-14-8-5-12-19-18(14)15/h4-10,12H,3,11,13H2,1-2H3. The van der Waals surface area contributed by atoms with Crippen molar-refractivity contribution in [2.24, 2.45) is 0 Å². The number of esters is 1. The summed E-state index contributed by atoms with van der Waals surface area (Å²) in [5.41, 5.74) is 1.75. The van der Waals surface area contributed by atoms with Gasteiger partial charge >= 0.3 is 5.97 Å². The van der Waals surface area contributed by atoms with Crippen LogP contribution in [0.25, 0.3) is 17.0 Å². The van der Waals surface area contributed by atoms with Gasteiger partial charge in [0, 0.05) is 36.3 Å². The van der Waals surface area contributed by atoms with Crippen molar-refractivity contribution in [3.8, 4) is 0 Å². The molecule has 23 heavy (non-hydrogen) atoms. The van der Waals surface area contributed by atoms with Gasteiger partial charge in [0.25, 0.3) is 0 Å². The highest BCUT2D eigenvalue weighted by molar-refractivity contribution is 5.95. The third-order valence-electron chi connectivity index (χ3n) is 3.58. The van der Waals surface area contributed by atoms with Gasteiger partial charge in [-0.15, -0.1) is 0 Å². The van der Waals surface area contributed by atoms with Crippen LogP contribution >= 0.6 is 0 Å². The van der Waals surface area contributed by atoms with Gasteiger partial charge in [0.2, 0.25) is 5.91 Å². The minimum absolute atomic E-state index is 0.135. The number of nitrogens with zero attached hydrogens (tertiary/aromatic N) is 2. The normalized spacial score (nSPS) is 10.9. The van der Waals surface area contributed by atoms with Crippen LogP contribution in [0.5, 0.6) is 0 Å². The van der Waals surface area contributed by atoms with E-state index in [-0.39, 0.29) is 18.3 Å². The monoisotopic (exact) mass is 312 g/mol. The Bertz CT molecular complexity index is 720. The zero-order valence-corrected chi connectivity index (χ0v) is 13.4. The molecule has 1 heterocycles. The van der Waals surface area contributed by atoms with Crippen molar-refractivity contribution < 1.29 is 14.3 Å². The molecular weight excluding hydrogens is 292 g/mol. The lowest BCUT2D eigenvalue weighted by molar-refractivity contribution is -0.141. The Labute approximate surface area is 135 Å². The number of hydrogen-bond acceptors (Lipinski definition) is 4. The lowest BCUT2D eigenvalue weighted by atomic mass is 10.1. The second-order valence-electron chi connectivity index (χ2n) is 5.00. The molecule has 0 aliphatic heterocycles. The quantitative estimate of drug-likeness (QED) is 0.608. The Morgan fingerprint density at radius 3 is 2.78 bits per heavy atom. The van der Waals surface area contributed by atoms with Gasteiger partial charge in [-0.1, -0.05) is 24.3 Å². The molecule has 0 radical (unpaired) electrons. The van der Waals surface area contributed by atoms with Gasteiger partial charge in [0.1, 0.15) is 0 Å². The van der Waals surface area contributed by atoms with E-state index in [9.17, 15) is 9.59 Å². The molecule has 0 unspecified atom stereocenters. The summed E-state index contributed by atoms with van der Waals surface area (Å²) >= 11 is 0. The average Bonchev–Trinajstić information content (AvgIpc) is 2.60. The Kier molecular flexibility index (Phi) is 5.86. The molecule has 0 spiro atoms.